The van der Waals surface area contributed by atoms with Gasteiger partial charge >= 0.3 is 0 Å². The number of halogens is 1. The number of amides is 1. The van der Waals surface area contributed by atoms with Gasteiger partial charge in [0.2, 0.25) is 10.0 Å². The van der Waals surface area contributed by atoms with Gasteiger partial charge in [-0.3, -0.25) is 4.79 Å². The third-order valence-corrected chi connectivity index (χ3v) is 10.7. The second kappa shape index (κ2) is 13.9. The first-order valence-electron chi connectivity index (χ1n) is 16.1. The van der Waals surface area contributed by atoms with Gasteiger partial charge in [-0.25, -0.2) is 27.5 Å². The topological polar surface area (TPSA) is 117 Å². The number of piperidine rings is 1. The van der Waals surface area contributed by atoms with Crippen molar-refractivity contribution in [1.82, 2.24) is 24.5 Å². The number of hydrogen-bond acceptors (Lipinski definition) is 9. The first-order chi connectivity index (χ1) is 21.4. The Kier molecular flexibility index (Phi) is 10.3. The average Bonchev–Trinajstić information content (AvgIpc) is 3.62. The van der Waals surface area contributed by atoms with Crippen LogP contribution in [0.1, 0.15) is 70.7 Å². The number of anilines is 1. The molecule has 11 nitrogen and oxygen atoms in total. The first kappa shape index (κ1) is 33.5. The van der Waals surface area contributed by atoms with E-state index in [9.17, 15) is 17.6 Å². The molecule has 4 heterocycles. The molecular formula is C32H47FN6O5S. The van der Waals surface area contributed by atoms with Crippen LogP contribution in [0, 0.1) is 11.7 Å². The minimum Gasteiger partial charge on any atom is -0.451 e. The summed E-state index contributed by atoms with van der Waals surface area (Å²) >= 11 is 0. The van der Waals surface area contributed by atoms with E-state index in [1.807, 2.05) is 27.7 Å². The first-order valence-corrected chi connectivity index (χ1v) is 17.7. The number of nitrogens with zero attached hydrogens (tertiary/aromatic N) is 5. The van der Waals surface area contributed by atoms with Gasteiger partial charge in [0.1, 0.15) is 17.9 Å². The summed E-state index contributed by atoms with van der Waals surface area (Å²) < 4.78 is 53.6. The van der Waals surface area contributed by atoms with Crippen molar-refractivity contribution in [3.05, 3.63) is 42.1 Å². The van der Waals surface area contributed by atoms with E-state index in [4.69, 9.17) is 9.47 Å². The molecule has 45 heavy (non-hydrogen) atoms. The Bertz CT molecular complexity index is 1440. The van der Waals surface area contributed by atoms with E-state index in [0.29, 0.717) is 24.1 Å². The monoisotopic (exact) mass is 646 g/mol. The summed E-state index contributed by atoms with van der Waals surface area (Å²) in [7, 11) is -3.25. The van der Waals surface area contributed by atoms with E-state index in [0.717, 1.165) is 58.4 Å². The molecular weight excluding hydrogens is 599 g/mol. The number of hydrogen-bond donors (Lipinski definition) is 1. The smallest absolute Gasteiger partial charge is 0.258 e. The maximum absolute atomic E-state index is 14.4. The highest BCUT2D eigenvalue weighted by molar-refractivity contribution is 7.89. The Balaban J connectivity index is 1.20. The zero-order valence-corrected chi connectivity index (χ0v) is 27.9. The van der Waals surface area contributed by atoms with Gasteiger partial charge in [0.25, 0.3) is 5.91 Å². The largest absolute Gasteiger partial charge is 0.451 e. The standard InChI is InChI=1S/C32H47FN6O5S/c1-6-45(41,42)36-26-16-32(43-20-26)10-13-37(14-11-32)18-24-9-12-38(19-24)30-29(17-34-21-35-30)44-28-8-7-25(33)15-27(28)31(40)39(22(2)3)23(4)5/h7-8,15,17,21-24,26,36H,6,9-14,16,18-20H2,1-5H3/t24-,26?/m0/s1. The molecule has 2 atom stereocenters. The van der Waals surface area contributed by atoms with E-state index in [1.54, 1.807) is 18.0 Å². The number of benzene rings is 1. The van der Waals surface area contributed by atoms with Crippen LogP contribution in [0.2, 0.25) is 0 Å². The number of carbonyl (C=O) groups excluding carboxylic acids is 1. The number of nitrogens with one attached hydrogen (secondary N) is 1. The lowest BCUT2D eigenvalue weighted by Crippen LogP contribution is -2.46. The van der Waals surface area contributed by atoms with Gasteiger partial charge in [0.15, 0.2) is 11.6 Å². The highest BCUT2D eigenvalue weighted by Gasteiger charge is 2.44. The molecule has 0 bridgehead atoms. The van der Waals surface area contributed by atoms with Crippen LogP contribution in [-0.4, -0.2) is 103 Å². The van der Waals surface area contributed by atoms with Gasteiger partial charge in [-0.05, 0) is 84.4 Å². The van der Waals surface area contributed by atoms with Crippen molar-refractivity contribution in [2.45, 2.75) is 84.0 Å². The van der Waals surface area contributed by atoms with E-state index < -0.39 is 15.8 Å². The molecule has 1 unspecified atom stereocenters. The van der Waals surface area contributed by atoms with Crippen molar-refractivity contribution in [2.75, 3.05) is 50.0 Å². The SMILES string of the molecule is CCS(=O)(=O)NC1COC2(CCN(C[C@@H]3CCN(c4ncncc4Oc4ccc(F)cc4C(=O)N(C(C)C)C(C)C)C3)CC2)C1. The lowest BCUT2D eigenvalue weighted by molar-refractivity contribution is -0.0452. The minimum atomic E-state index is -3.25. The third-order valence-electron chi connectivity index (χ3n) is 9.20. The Morgan fingerprint density at radius 1 is 1.18 bits per heavy atom. The molecule has 1 amide bonds. The van der Waals surface area contributed by atoms with Gasteiger partial charge in [0.05, 0.1) is 29.7 Å². The van der Waals surface area contributed by atoms with Crippen molar-refractivity contribution in [3.63, 3.8) is 0 Å². The Hall–Kier alpha value is -2.87. The molecule has 248 valence electrons. The lowest BCUT2D eigenvalue weighted by Gasteiger charge is -2.39. The molecule has 5 rings (SSSR count). The highest BCUT2D eigenvalue weighted by Crippen LogP contribution is 2.38. The summed E-state index contributed by atoms with van der Waals surface area (Å²) in [6.07, 6.45) is 6.59. The van der Waals surface area contributed by atoms with E-state index in [-0.39, 0.29) is 46.7 Å². The van der Waals surface area contributed by atoms with Crippen molar-refractivity contribution < 1.29 is 27.1 Å². The summed E-state index contributed by atoms with van der Waals surface area (Å²) in [6, 6.07) is 3.72. The van der Waals surface area contributed by atoms with Crippen molar-refractivity contribution in [3.8, 4) is 11.5 Å². The molecule has 2 aromatic rings. The van der Waals surface area contributed by atoms with Gasteiger partial charge in [-0.2, -0.15) is 0 Å². The van der Waals surface area contributed by atoms with E-state index in [2.05, 4.69) is 24.5 Å². The molecule has 13 heteroatoms. The fourth-order valence-corrected chi connectivity index (χ4v) is 7.81. The average molecular weight is 647 g/mol. The molecule has 3 fully saturated rings. The molecule has 1 N–H and O–H groups in total. The number of carbonyl (C=O) groups is 1. The molecule has 1 spiro atoms. The lowest BCUT2D eigenvalue weighted by atomic mass is 9.87. The molecule has 3 aliphatic rings. The predicted molar refractivity (Wildman–Crippen MR) is 171 cm³/mol. The van der Waals surface area contributed by atoms with Crippen LogP contribution in [0.3, 0.4) is 0 Å². The number of ether oxygens (including phenoxy) is 2. The maximum atomic E-state index is 14.4. The van der Waals surface area contributed by atoms with Gasteiger partial charge in [-0.15, -0.1) is 0 Å². The van der Waals surface area contributed by atoms with Crippen molar-refractivity contribution >= 4 is 21.7 Å². The number of rotatable bonds is 11. The molecule has 0 radical (unpaired) electrons. The van der Waals surface area contributed by atoms with Gasteiger partial charge in [-0.1, -0.05) is 0 Å². The van der Waals surface area contributed by atoms with E-state index >= 15 is 0 Å². The van der Waals surface area contributed by atoms with Crippen molar-refractivity contribution in [2.24, 2.45) is 5.92 Å². The van der Waals surface area contributed by atoms with Crippen LogP contribution in [-0.2, 0) is 14.8 Å². The van der Waals surface area contributed by atoms with Crippen LogP contribution in [0.25, 0.3) is 0 Å². The summed E-state index contributed by atoms with van der Waals surface area (Å²) in [5.41, 5.74) is -0.0800. The van der Waals surface area contributed by atoms with Crippen LogP contribution in [0.5, 0.6) is 11.5 Å². The second-order valence-corrected chi connectivity index (χ2v) is 15.2. The fraction of sp³-hybridized carbons (Fsp3) is 0.656. The Morgan fingerprint density at radius 3 is 2.60 bits per heavy atom. The normalized spacial score (nSPS) is 22.1. The number of sulfonamides is 1. The van der Waals surface area contributed by atoms with Crippen LogP contribution in [0.4, 0.5) is 10.2 Å². The Labute approximate surface area is 266 Å². The second-order valence-electron chi connectivity index (χ2n) is 13.2. The molecule has 3 saturated heterocycles. The zero-order chi connectivity index (χ0) is 32.4. The van der Waals surface area contributed by atoms with Gasteiger partial charge < -0.3 is 24.2 Å². The maximum Gasteiger partial charge on any atom is 0.258 e. The van der Waals surface area contributed by atoms with Crippen LogP contribution < -0.4 is 14.4 Å². The van der Waals surface area contributed by atoms with Gasteiger partial charge in [0, 0.05) is 50.8 Å². The highest BCUT2D eigenvalue weighted by atomic mass is 32.2. The Morgan fingerprint density at radius 2 is 1.91 bits per heavy atom. The number of likely N-dealkylation sites (tertiary alicyclic amines) is 1. The predicted octanol–water partition coefficient (Wildman–Crippen LogP) is 4.06. The summed E-state index contributed by atoms with van der Waals surface area (Å²) in [6.45, 7) is 14.2. The van der Waals surface area contributed by atoms with Crippen molar-refractivity contribution in [1.29, 1.82) is 0 Å². The minimum absolute atomic E-state index is 0.0690. The quantitative estimate of drug-likeness (QED) is 0.386. The summed E-state index contributed by atoms with van der Waals surface area (Å²) in [4.78, 5) is 28.6. The molecule has 3 aliphatic heterocycles. The molecule has 1 aromatic carbocycles. The molecule has 1 aromatic heterocycles. The van der Waals surface area contributed by atoms with E-state index in [1.165, 1.54) is 24.5 Å². The zero-order valence-electron chi connectivity index (χ0n) is 27.0. The van der Waals surface area contributed by atoms with Crippen LogP contribution in [0.15, 0.2) is 30.7 Å². The molecule has 0 aliphatic carbocycles. The molecule has 0 saturated carbocycles. The number of aromatic nitrogens is 2. The fourth-order valence-electron chi connectivity index (χ4n) is 6.99. The summed E-state index contributed by atoms with van der Waals surface area (Å²) in [5.74, 6) is 1.05. The van der Waals surface area contributed by atoms with Crippen LogP contribution >= 0.6 is 0 Å². The summed E-state index contributed by atoms with van der Waals surface area (Å²) in [5, 5.41) is 0. The third kappa shape index (κ3) is 7.93.